The van der Waals surface area contributed by atoms with E-state index in [0.717, 1.165) is 17.4 Å². The third-order valence-electron chi connectivity index (χ3n) is 2.93. The van der Waals surface area contributed by atoms with E-state index in [2.05, 4.69) is 48.3 Å². The van der Waals surface area contributed by atoms with Gasteiger partial charge >= 0.3 is 0 Å². The summed E-state index contributed by atoms with van der Waals surface area (Å²) in [6.45, 7) is 6.36. The van der Waals surface area contributed by atoms with Gasteiger partial charge in [-0.25, -0.2) is 0 Å². The fourth-order valence-corrected chi connectivity index (χ4v) is 3.01. The average molecular weight is 283 g/mol. The van der Waals surface area contributed by atoms with Crippen molar-refractivity contribution in [3.63, 3.8) is 0 Å². The van der Waals surface area contributed by atoms with Crippen LogP contribution in [0, 0.1) is 0 Å². The van der Waals surface area contributed by atoms with E-state index >= 15 is 0 Å². The highest BCUT2D eigenvalue weighted by molar-refractivity contribution is 7.16. The summed E-state index contributed by atoms with van der Waals surface area (Å²) in [5.41, 5.74) is 1.33. The maximum Gasteiger partial charge on any atom is 0.0931 e. The van der Waals surface area contributed by atoms with E-state index in [-0.39, 0.29) is 0 Å². The average Bonchev–Trinajstić information content (AvgIpc) is 2.96. The number of hydrogen-bond acceptors (Lipinski definition) is 2. The maximum absolute atomic E-state index is 5.95. The van der Waals surface area contributed by atoms with Crippen molar-refractivity contribution in [3.05, 3.63) is 45.4 Å². The fraction of sp³-hybridized carbons (Fsp3) is 0.429. The zero-order valence-electron chi connectivity index (χ0n) is 10.8. The van der Waals surface area contributed by atoms with Gasteiger partial charge in [-0.2, -0.15) is 0 Å². The quantitative estimate of drug-likeness (QED) is 0.827. The molecule has 1 atom stereocenters. The molecule has 0 aliphatic heterocycles. The summed E-state index contributed by atoms with van der Waals surface area (Å²) in [6.07, 6.45) is 5.53. The second-order valence-electron chi connectivity index (χ2n) is 4.50. The van der Waals surface area contributed by atoms with Gasteiger partial charge in [0.05, 0.1) is 4.34 Å². The number of rotatable bonds is 6. The molecule has 0 radical (unpaired) electrons. The van der Waals surface area contributed by atoms with E-state index in [1.54, 1.807) is 11.3 Å². The van der Waals surface area contributed by atoms with Gasteiger partial charge in [0.25, 0.3) is 0 Å². The smallest absolute Gasteiger partial charge is 0.0931 e. The number of aryl methyl sites for hydroxylation is 1. The van der Waals surface area contributed by atoms with E-state index < -0.39 is 0 Å². The highest BCUT2D eigenvalue weighted by atomic mass is 35.5. The van der Waals surface area contributed by atoms with Crippen LogP contribution >= 0.6 is 22.9 Å². The lowest BCUT2D eigenvalue weighted by atomic mass is 10.2. The van der Waals surface area contributed by atoms with Gasteiger partial charge in [0, 0.05) is 36.4 Å². The van der Waals surface area contributed by atoms with Crippen molar-refractivity contribution < 1.29 is 0 Å². The van der Waals surface area contributed by atoms with E-state index in [9.17, 15) is 0 Å². The van der Waals surface area contributed by atoms with Gasteiger partial charge in [-0.3, -0.25) is 0 Å². The highest BCUT2D eigenvalue weighted by Crippen LogP contribution is 2.26. The predicted molar refractivity (Wildman–Crippen MR) is 79.3 cm³/mol. The minimum absolute atomic E-state index is 0.344. The molecule has 2 rings (SSSR count). The van der Waals surface area contributed by atoms with Crippen molar-refractivity contribution in [1.29, 1.82) is 0 Å². The molecule has 0 spiro atoms. The maximum atomic E-state index is 5.95. The number of hydrogen-bond donors (Lipinski definition) is 1. The summed E-state index contributed by atoms with van der Waals surface area (Å²) >= 11 is 7.59. The number of thiophene rings is 1. The summed E-state index contributed by atoms with van der Waals surface area (Å²) in [5, 5.41) is 3.52. The van der Waals surface area contributed by atoms with Gasteiger partial charge in [-0.1, -0.05) is 18.5 Å². The summed E-state index contributed by atoms with van der Waals surface area (Å²) in [5.74, 6) is 0. The first-order valence-electron chi connectivity index (χ1n) is 6.32. The molecule has 1 N–H and O–H groups in total. The number of halogens is 1. The predicted octanol–water partition coefficient (Wildman–Crippen LogP) is 4.46. The van der Waals surface area contributed by atoms with Crippen LogP contribution in [0.25, 0.3) is 0 Å². The molecule has 0 aliphatic carbocycles. The topological polar surface area (TPSA) is 17.0 Å². The molecular formula is C14H19ClN2S. The van der Waals surface area contributed by atoms with Gasteiger partial charge in [0.1, 0.15) is 0 Å². The van der Waals surface area contributed by atoms with Crippen LogP contribution < -0.4 is 5.32 Å². The van der Waals surface area contributed by atoms with Gasteiger partial charge in [-0.15, -0.1) is 11.3 Å². The van der Waals surface area contributed by atoms with Gasteiger partial charge < -0.3 is 9.88 Å². The van der Waals surface area contributed by atoms with E-state index in [1.165, 1.54) is 16.9 Å². The van der Waals surface area contributed by atoms with Crippen LogP contribution in [0.1, 0.15) is 36.8 Å². The molecule has 2 heterocycles. The van der Waals surface area contributed by atoms with Crippen LogP contribution in [0.2, 0.25) is 4.34 Å². The zero-order valence-corrected chi connectivity index (χ0v) is 12.4. The lowest BCUT2D eigenvalue weighted by Crippen LogP contribution is -2.16. The standard InChI is InChI=1S/C14H19ClN2S/c1-3-7-17-8-6-12(10-17)9-16-11(2)13-4-5-14(15)18-13/h4-6,8,10-11,16H,3,7,9H2,1-2H3. The van der Waals surface area contributed by atoms with Crippen molar-refractivity contribution in [2.24, 2.45) is 0 Å². The van der Waals surface area contributed by atoms with Gasteiger partial charge in [0.2, 0.25) is 0 Å². The first kappa shape index (κ1) is 13.7. The molecule has 2 nitrogen and oxygen atoms in total. The van der Waals surface area contributed by atoms with Gasteiger partial charge in [-0.05, 0) is 37.1 Å². The Kier molecular flexibility index (Phi) is 4.87. The molecule has 4 heteroatoms. The molecule has 2 aromatic heterocycles. The highest BCUT2D eigenvalue weighted by Gasteiger charge is 2.07. The normalized spacial score (nSPS) is 12.8. The van der Waals surface area contributed by atoms with Gasteiger partial charge in [0.15, 0.2) is 0 Å². The lowest BCUT2D eigenvalue weighted by molar-refractivity contribution is 0.581. The molecule has 0 bridgehead atoms. The van der Waals surface area contributed by atoms with Crippen molar-refractivity contribution in [2.45, 2.75) is 39.4 Å². The molecule has 0 fully saturated rings. The molecular weight excluding hydrogens is 264 g/mol. The van der Waals surface area contributed by atoms with Crippen LogP contribution in [-0.4, -0.2) is 4.57 Å². The van der Waals surface area contributed by atoms with Crippen LogP contribution in [-0.2, 0) is 13.1 Å². The minimum Gasteiger partial charge on any atom is -0.354 e. The fourth-order valence-electron chi connectivity index (χ4n) is 1.92. The summed E-state index contributed by atoms with van der Waals surface area (Å²) < 4.78 is 3.09. The molecule has 0 aliphatic rings. The van der Waals surface area contributed by atoms with Crippen molar-refractivity contribution in [2.75, 3.05) is 0 Å². The Balaban J connectivity index is 1.86. The van der Waals surface area contributed by atoms with Crippen LogP contribution in [0.5, 0.6) is 0 Å². The molecule has 2 aromatic rings. The van der Waals surface area contributed by atoms with Crippen LogP contribution in [0.4, 0.5) is 0 Å². The Morgan fingerprint density at radius 1 is 1.39 bits per heavy atom. The van der Waals surface area contributed by atoms with Crippen molar-refractivity contribution in [1.82, 2.24) is 9.88 Å². The third-order valence-corrected chi connectivity index (χ3v) is 4.34. The number of aromatic nitrogens is 1. The second kappa shape index (κ2) is 6.41. The Hall–Kier alpha value is -0.770. The monoisotopic (exact) mass is 282 g/mol. The Bertz CT molecular complexity index is 489. The van der Waals surface area contributed by atoms with Crippen LogP contribution in [0.15, 0.2) is 30.6 Å². The van der Waals surface area contributed by atoms with Crippen molar-refractivity contribution in [3.8, 4) is 0 Å². The van der Waals surface area contributed by atoms with E-state index in [1.807, 2.05) is 6.07 Å². The van der Waals surface area contributed by atoms with Crippen LogP contribution in [0.3, 0.4) is 0 Å². The van der Waals surface area contributed by atoms with Crippen molar-refractivity contribution >= 4 is 22.9 Å². The number of nitrogens with one attached hydrogen (secondary N) is 1. The van der Waals surface area contributed by atoms with E-state index in [4.69, 9.17) is 11.6 Å². The molecule has 1 unspecified atom stereocenters. The molecule has 18 heavy (non-hydrogen) atoms. The minimum atomic E-state index is 0.344. The first-order chi connectivity index (χ1) is 8.69. The molecule has 0 amide bonds. The summed E-state index contributed by atoms with van der Waals surface area (Å²) in [7, 11) is 0. The Morgan fingerprint density at radius 2 is 2.22 bits per heavy atom. The number of nitrogens with zero attached hydrogens (tertiary/aromatic N) is 1. The van der Waals surface area contributed by atoms with E-state index in [0.29, 0.717) is 6.04 Å². The third kappa shape index (κ3) is 3.61. The Morgan fingerprint density at radius 3 is 2.89 bits per heavy atom. The first-order valence-corrected chi connectivity index (χ1v) is 7.51. The molecule has 98 valence electrons. The molecule has 0 saturated carbocycles. The second-order valence-corrected chi connectivity index (χ2v) is 6.25. The lowest BCUT2D eigenvalue weighted by Gasteiger charge is -2.11. The SMILES string of the molecule is CCCn1ccc(CNC(C)c2ccc(Cl)s2)c1. The summed E-state index contributed by atoms with van der Waals surface area (Å²) in [6, 6.07) is 6.57. The Labute approximate surface area is 118 Å². The molecule has 0 aromatic carbocycles. The molecule has 0 saturated heterocycles. The zero-order chi connectivity index (χ0) is 13.0. The largest absolute Gasteiger partial charge is 0.354 e. The summed E-state index contributed by atoms with van der Waals surface area (Å²) in [4.78, 5) is 1.29.